The molecule has 132 valence electrons. The molecule has 0 saturated carbocycles. The normalized spacial score (nSPS) is 17.5. The van der Waals surface area contributed by atoms with E-state index >= 15 is 0 Å². The van der Waals surface area contributed by atoms with Crippen LogP contribution in [-0.4, -0.2) is 37.4 Å². The van der Waals surface area contributed by atoms with E-state index in [2.05, 4.69) is 15.0 Å². The van der Waals surface area contributed by atoms with Gasteiger partial charge in [-0.1, -0.05) is 0 Å². The van der Waals surface area contributed by atoms with Gasteiger partial charge >= 0.3 is 0 Å². The minimum atomic E-state index is 0.133. The van der Waals surface area contributed by atoms with Gasteiger partial charge in [-0.2, -0.15) is 10.1 Å². The van der Waals surface area contributed by atoms with E-state index < -0.39 is 0 Å². The first kappa shape index (κ1) is 15.1. The maximum absolute atomic E-state index is 6.14. The van der Waals surface area contributed by atoms with Crippen LogP contribution in [0.2, 0.25) is 0 Å². The van der Waals surface area contributed by atoms with Gasteiger partial charge in [-0.05, 0) is 31.0 Å². The summed E-state index contributed by atoms with van der Waals surface area (Å²) in [7, 11) is 0. The van der Waals surface area contributed by atoms with E-state index in [0.717, 1.165) is 30.4 Å². The van der Waals surface area contributed by atoms with Gasteiger partial charge in [0.1, 0.15) is 23.4 Å². The largest absolute Gasteiger partial charge is 0.424 e. The average molecular weight is 351 g/mol. The molecule has 0 radical (unpaired) electrons. The van der Waals surface area contributed by atoms with Crippen LogP contribution in [0.25, 0.3) is 33.4 Å². The third kappa shape index (κ3) is 2.36. The fourth-order valence-corrected chi connectivity index (χ4v) is 3.43. The number of oxazole rings is 1. The highest BCUT2D eigenvalue weighted by molar-refractivity contribution is 5.99. The lowest BCUT2D eigenvalue weighted by molar-refractivity contribution is 0.0950. The number of hydrogen-bond donors (Lipinski definition) is 2. The first-order valence-electron chi connectivity index (χ1n) is 8.44. The number of ether oxygens (including phenoxy) is 1. The van der Waals surface area contributed by atoms with Crippen LogP contribution in [0.5, 0.6) is 0 Å². The molecule has 5 rings (SSSR count). The molecule has 1 aromatic carbocycles. The summed E-state index contributed by atoms with van der Waals surface area (Å²) in [5.74, 6) is 0.392. The van der Waals surface area contributed by atoms with E-state index in [1.807, 2.05) is 22.9 Å². The van der Waals surface area contributed by atoms with E-state index in [0.29, 0.717) is 34.8 Å². The topological polar surface area (TPSA) is 131 Å². The second kappa shape index (κ2) is 5.67. The van der Waals surface area contributed by atoms with Crippen LogP contribution in [0.15, 0.2) is 28.9 Å². The standard InChI is InChI=1S/C17H17N7O2/c18-15-13-14(9-3-4-12-11(6-9)22-17(19)26-12)23-24(16(13)21-8-20-15)7-10-2-1-5-25-10/h3-4,6,8,10H,1-2,5,7H2,(H2,19,22)(H2,18,20,21). The third-order valence-corrected chi connectivity index (χ3v) is 4.64. The number of fused-ring (bicyclic) bond motifs is 2. The molecule has 1 atom stereocenters. The Kier molecular flexibility index (Phi) is 3.29. The van der Waals surface area contributed by atoms with Crippen molar-refractivity contribution in [1.29, 1.82) is 0 Å². The summed E-state index contributed by atoms with van der Waals surface area (Å²) in [6.07, 6.45) is 3.68. The number of rotatable bonds is 3. The van der Waals surface area contributed by atoms with E-state index in [9.17, 15) is 0 Å². The Morgan fingerprint density at radius 3 is 3.00 bits per heavy atom. The van der Waals surface area contributed by atoms with Crippen molar-refractivity contribution in [2.45, 2.75) is 25.5 Å². The van der Waals surface area contributed by atoms with E-state index in [1.165, 1.54) is 6.33 Å². The van der Waals surface area contributed by atoms with Gasteiger partial charge < -0.3 is 20.6 Å². The van der Waals surface area contributed by atoms with Crippen molar-refractivity contribution in [3.05, 3.63) is 24.5 Å². The second-order valence-electron chi connectivity index (χ2n) is 6.36. The zero-order valence-corrected chi connectivity index (χ0v) is 13.9. The molecule has 26 heavy (non-hydrogen) atoms. The minimum Gasteiger partial charge on any atom is -0.424 e. The Bertz CT molecular complexity index is 1110. The van der Waals surface area contributed by atoms with Crippen LogP contribution in [0, 0.1) is 0 Å². The van der Waals surface area contributed by atoms with E-state index in [-0.39, 0.29) is 12.1 Å². The quantitative estimate of drug-likeness (QED) is 0.573. The Morgan fingerprint density at radius 2 is 2.15 bits per heavy atom. The predicted octanol–water partition coefficient (Wildman–Crippen LogP) is 1.98. The molecule has 1 aliphatic rings. The monoisotopic (exact) mass is 351 g/mol. The van der Waals surface area contributed by atoms with Gasteiger partial charge in [-0.25, -0.2) is 14.6 Å². The van der Waals surface area contributed by atoms with Crippen LogP contribution < -0.4 is 11.5 Å². The molecule has 0 aliphatic carbocycles. The number of hydrogen-bond acceptors (Lipinski definition) is 8. The maximum atomic E-state index is 6.14. The van der Waals surface area contributed by atoms with Crippen LogP contribution in [-0.2, 0) is 11.3 Å². The Balaban J connectivity index is 1.67. The number of benzene rings is 1. The van der Waals surface area contributed by atoms with Gasteiger partial charge in [-0.15, -0.1) is 0 Å². The van der Waals surface area contributed by atoms with Crippen molar-refractivity contribution in [3.63, 3.8) is 0 Å². The molecule has 1 saturated heterocycles. The van der Waals surface area contributed by atoms with Crippen molar-refractivity contribution in [3.8, 4) is 11.3 Å². The van der Waals surface area contributed by atoms with Gasteiger partial charge in [0, 0.05) is 12.2 Å². The molecule has 4 N–H and O–H groups in total. The lowest BCUT2D eigenvalue weighted by Gasteiger charge is -2.09. The number of nitrogen functional groups attached to an aromatic ring is 2. The summed E-state index contributed by atoms with van der Waals surface area (Å²) in [5.41, 5.74) is 15.3. The van der Waals surface area contributed by atoms with Gasteiger partial charge in [0.05, 0.1) is 18.0 Å². The van der Waals surface area contributed by atoms with Crippen molar-refractivity contribution < 1.29 is 9.15 Å². The average Bonchev–Trinajstić information content (AvgIpc) is 3.33. The number of aromatic nitrogens is 5. The molecule has 0 spiro atoms. The molecular formula is C17H17N7O2. The highest BCUT2D eigenvalue weighted by Gasteiger charge is 2.22. The van der Waals surface area contributed by atoms with Crippen LogP contribution in [0.3, 0.4) is 0 Å². The molecule has 9 nitrogen and oxygen atoms in total. The second-order valence-corrected chi connectivity index (χ2v) is 6.36. The lowest BCUT2D eigenvalue weighted by Crippen LogP contribution is -2.16. The number of nitrogens with zero attached hydrogens (tertiary/aromatic N) is 5. The smallest absolute Gasteiger partial charge is 0.292 e. The van der Waals surface area contributed by atoms with Crippen LogP contribution in [0.4, 0.5) is 11.8 Å². The van der Waals surface area contributed by atoms with Gasteiger partial charge in [0.15, 0.2) is 11.2 Å². The summed E-state index contributed by atoms with van der Waals surface area (Å²) in [6, 6.07) is 5.73. The van der Waals surface area contributed by atoms with Crippen molar-refractivity contribution >= 4 is 34.0 Å². The van der Waals surface area contributed by atoms with Crippen LogP contribution >= 0.6 is 0 Å². The highest BCUT2D eigenvalue weighted by atomic mass is 16.5. The third-order valence-electron chi connectivity index (χ3n) is 4.64. The Morgan fingerprint density at radius 1 is 1.23 bits per heavy atom. The minimum absolute atomic E-state index is 0.133. The van der Waals surface area contributed by atoms with E-state index in [1.54, 1.807) is 0 Å². The fraction of sp³-hybridized carbons (Fsp3) is 0.294. The van der Waals surface area contributed by atoms with Crippen molar-refractivity contribution in [1.82, 2.24) is 24.7 Å². The molecule has 0 amide bonds. The molecule has 4 aromatic rings. The first-order valence-corrected chi connectivity index (χ1v) is 8.44. The number of anilines is 2. The molecule has 9 heteroatoms. The summed E-state index contributed by atoms with van der Waals surface area (Å²) in [4.78, 5) is 12.7. The molecule has 0 bridgehead atoms. The van der Waals surface area contributed by atoms with Gasteiger partial charge in [0.25, 0.3) is 6.01 Å². The fourth-order valence-electron chi connectivity index (χ4n) is 3.43. The zero-order chi connectivity index (χ0) is 17.7. The lowest BCUT2D eigenvalue weighted by atomic mass is 10.1. The molecule has 1 fully saturated rings. The SMILES string of the molecule is Nc1nc2cc(-c3nn(CC4CCCO4)c4ncnc(N)c34)ccc2o1. The zero-order valence-electron chi connectivity index (χ0n) is 13.9. The molecule has 1 unspecified atom stereocenters. The van der Waals surface area contributed by atoms with Gasteiger partial charge in [0.2, 0.25) is 0 Å². The van der Waals surface area contributed by atoms with Crippen LogP contribution in [0.1, 0.15) is 12.8 Å². The molecule has 1 aliphatic heterocycles. The molecule has 4 heterocycles. The number of nitrogens with two attached hydrogens (primary N) is 2. The predicted molar refractivity (Wildman–Crippen MR) is 96.1 cm³/mol. The molecular weight excluding hydrogens is 334 g/mol. The van der Waals surface area contributed by atoms with Crippen molar-refractivity contribution in [2.75, 3.05) is 18.1 Å². The Hall–Kier alpha value is -3.20. The summed E-state index contributed by atoms with van der Waals surface area (Å²) in [5, 5.41) is 5.49. The summed E-state index contributed by atoms with van der Waals surface area (Å²) in [6.45, 7) is 1.42. The van der Waals surface area contributed by atoms with Gasteiger partial charge in [-0.3, -0.25) is 0 Å². The van der Waals surface area contributed by atoms with E-state index in [4.69, 9.17) is 25.7 Å². The summed E-state index contributed by atoms with van der Waals surface area (Å²) < 4.78 is 12.9. The maximum Gasteiger partial charge on any atom is 0.292 e. The Labute approximate surface area is 148 Å². The molecule has 3 aromatic heterocycles. The first-order chi connectivity index (χ1) is 12.7. The van der Waals surface area contributed by atoms with Crippen molar-refractivity contribution in [2.24, 2.45) is 0 Å². The summed E-state index contributed by atoms with van der Waals surface area (Å²) >= 11 is 0. The highest BCUT2D eigenvalue weighted by Crippen LogP contribution is 2.32.